The fourth-order valence-electron chi connectivity index (χ4n) is 6.11. The minimum atomic E-state index is -1.58. The van der Waals surface area contributed by atoms with E-state index in [1.807, 2.05) is 13.8 Å². The molecule has 2 aliphatic carbocycles. The molecule has 0 saturated heterocycles. The highest BCUT2D eigenvalue weighted by atomic mass is 16.6. The van der Waals surface area contributed by atoms with Gasteiger partial charge in [0.05, 0.1) is 30.0 Å². The van der Waals surface area contributed by atoms with Gasteiger partial charge in [-0.25, -0.2) is 0 Å². The molecule has 0 aliphatic heterocycles. The average Bonchev–Trinajstić information content (AvgIpc) is 2.69. The number of carbonyl (C=O) groups is 1. The number of aliphatic hydroxyl groups is 6. The summed E-state index contributed by atoms with van der Waals surface area (Å²) in [6, 6.07) is 0. The van der Waals surface area contributed by atoms with Gasteiger partial charge in [-0.3, -0.25) is 4.79 Å². The fourth-order valence-corrected chi connectivity index (χ4v) is 6.11. The lowest BCUT2D eigenvalue weighted by Gasteiger charge is -2.56. The first-order valence-electron chi connectivity index (χ1n) is 11.8. The van der Waals surface area contributed by atoms with Gasteiger partial charge in [-0.05, 0) is 30.4 Å². The van der Waals surface area contributed by atoms with Crippen molar-refractivity contribution >= 4 is 5.97 Å². The van der Waals surface area contributed by atoms with Crippen molar-refractivity contribution in [3.63, 3.8) is 0 Å². The van der Waals surface area contributed by atoms with E-state index in [1.54, 1.807) is 34.6 Å². The molecular weight excluding hydrogens is 428 g/mol. The van der Waals surface area contributed by atoms with Crippen molar-refractivity contribution in [2.45, 2.75) is 116 Å². The van der Waals surface area contributed by atoms with Crippen LogP contribution in [0.1, 0.15) is 74.7 Å². The van der Waals surface area contributed by atoms with Gasteiger partial charge >= 0.3 is 5.97 Å². The summed E-state index contributed by atoms with van der Waals surface area (Å²) in [4.78, 5) is 11.8. The molecule has 8 nitrogen and oxygen atoms in total. The molecule has 0 heterocycles. The van der Waals surface area contributed by atoms with Crippen LogP contribution in [0.15, 0.2) is 11.1 Å². The van der Waals surface area contributed by atoms with Crippen LogP contribution in [0.25, 0.3) is 0 Å². The number of esters is 1. The molecule has 7 unspecified atom stereocenters. The molecule has 0 amide bonds. The first-order valence-corrected chi connectivity index (χ1v) is 11.8. The van der Waals surface area contributed by atoms with Gasteiger partial charge in [0.2, 0.25) is 0 Å². The highest BCUT2D eigenvalue weighted by molar-refractivity contribution is 5.67. The number of hydrogen-bond donors (Lipinski definition) is 6. The van der Waals surface area contributed by atoms with Crippen LogP contribution in [0.4, 0.5) is 0 Å². The Morgan fingerprint density at radius 1 is 1.15 bits per heavy atom. The Labute approximate surface area is 197 Å². The normalized spacial score (nSPS) is 41.1. The Hall–Kier alpha value is -1.03. The molecule has 0 spiro atoms. The number of hydrogen-bond acceptors (Lipinski definition) is 8. The molecule has 0 aromatic carbocycles. The number of aliphatic hydroxyl groups excluding tert-OH is 5. The Balaban J connectivity index is 2.55. The van der Waals surface area contributed by atoms with Crippen LogP contribution in [0.3, 0.4) is 0 Å². The Morgan fingerprint density at radius 2 is 1.70 bits per heavy atom. The van der Waals surface area contributed by atoms with Crippen molar-refractivity contribution in [2.75, 3.05) is 0 Å². The largest absolute Gasteiger partial charge is 0.456 e. The minimum Gasteiger partial charge on any atom is -0.456 e. The quantitative estimate of drug-likeness (QED) is 0.251. The topological polar surface area (TPSA) is 148 Å². The molecule has 2 aliphatic rings. The Morgan fingerprint density at radius 3 is 2.15 bits per heavy atom. The lowest BCUT2D eigenvalue weighted by Crippen LogP contribution is -2.64. The maximum absolute atomic E-state index is 11.8. The molecular formula is C25H43O8. The van der Waals surface area contributed by atoms with E-state index in [0.717, 1.165) is 0 Å². The molecule has 191 valence electrons. The van der Waals surface area contributed by atoms with Crippen LogP contribution in [-0.4, -0.2) is 78.3 Å². The molecule has 1 radical (unpaired) electrons. The predicted octanol–water partition coefficient (Wildman–Crippen LogP) is 1.25. The number of carbonyl (C=O) groups excluding carboxylic acids is 1. The van der Waals surface area contributed by atoms with Gasteiger partial charge in [0.15, 0.2) is 0 Å². The summed E-state index contributed by atoms with van der Waals surface area (Å²) in [7, 11) is 0. The number of rotatable bonds is 6. The molecule has 6 N–H and O–H groups in total. The third kappa shape index (κ3) is 4.39. The molecule has 0 bridgehead atoms. The SMILES string of the molecule is CC[C@@]1(OC(C)=O)[CH]C(C)(C(O)C(O)C2=C(C)C(O)CC(O)(C(C)C)C2(C)C)C(O)CC1O. The second kappa shape index (κ2) is 9.21. The van der Waals surface area contributed by atoms with E-state index in [1.165, 1.54) is 13.3 Å². The Bertz CT molecular complexity index is 776. The Kier molecular flexibility index (Phi) is 7.87. The molecule has 1 saturated carbocycles. The second-order valence-corrected chi connectivity index (χ2v) is 11.1. The standard InChI is InChI=1S/C25H43O8/c1-9-24(33-15(5)26)12-23(8,17(28)10-18(24)29)21(31)20(30)19-14(4)16(27)11-25(32,13(2)3)22(19,6)7/h12-13,16-18,20-21,27-32H,9-11H2,1-8H3/t16?,17?,18?,20?,21?,23?,24-,25?/m1/s1. The summed E-state index contributed by atoms with van der Waals surface area (Å²) < 4.78 is 5.46. The predicted molar refractivity (Wildman–Crippen MR) is 123 cm³/mol. The van der Waals surface area contributed by atoms with Gasteiger partial charge in [-0.1, -0.05) is 41.5 Å². The lowest BCUT2D eigenvalue weighted by molar-refractivity contribution is -0.199. The first kappa shape index (κ1) is 28.2. The van der Waals surface area contributed by atoms with Gasteiger partial charge in [-0.15, -0.1) is 0 Å². The summed E-state index contributed by atoms with van der Waals surface area (Å²) in [6.07, 6.45) is -4.98. The van der Waals surface area contributed by atoms with Crippen LogP contribution in [-0.2, 0) is 9.53 Å². The molecule has 33 heavy (non-hydrogen) atoms. The van der Waals surface area contributed by atoms with E-state index in [-0.39, 0.29) is 25.2 Å². The van der Waals surface area contributed by atoms with E-state index in [4.69, 9.17) is 4.74 Å². The first-order chi connectivity index (χ1) is 14.9. The van der Waals surface area contributed by atoms with Crippen molar-refractivity contribution in [3.8, 4) is 0 Å². The fraction of sp³-hybridized carbons (Fsp3) is 0.840. The van der Waals surface area contributed by atoms with E-state index in [0.29, 0.717) is 11.1 Å². The van der Waals surface area contributed by atoms with Crippen molar-refractivity contribution < 1.29 is 40.2 Å². The van der Waals surface area contributed by atoms with Crippen LogP contribution in [0.5, 0.6) is 0 Å². The van der Waals surface area contributed by atoms with Crippen molar-refractivity contribution in [1.82, 2.24) is 0 Å². The van der Waals surface area contributed by atoms with Crippen LogP contribution in [0, 0.1) is 23.2 Å². The van der Waals surface area contributed by atoms with E-state index in [9.17, 15) is 35.4 Å². The van der Waals surface area contributed by atoms with Gasteiger partial charge in [0, 0.05) is 37.0 Å². The highest BCUT2D eigenvalue weighted by Gasteiger charge is 2.61. The van der Waals surface area contributed by atoms with Gasteiger partial charge in [-0.2, -0.15) is 0 Å². The van der Waals surface area contributed by atoms with E-state index < -0.39 is 58.5 Å². The molecule has 0 aromatic rings. The van der Waals surface area contributed by atoms with Gasteiger partial charge < -0.3 is 35.4 Å². The smallest absolute Gasteiger partial charge is 0.303 e. The van der Waals surface area contributed by atoms with Gasteiger partial charge in [0.25, 0.3) is 0 Å². The van der Waals surface area contributed by atoms with E-state index >= 15 is 0 Å². The second-order valence-electron chi connectivity index (χ2n) is 11.1. The summed E-state index contributed by atoms with van der Waals surface area (Å²) in [5, 5.41) is 66.7. The summed E-state index contributed by atoms with van der Waals surface area (Å²) >= 11 is 0. The zero-order chi connectivity index (χ0) is 25.7. The van der Waals surface area contributed by atoms with Crippen LogP contribution < -0.4 is 0 Å². The van der Waals surface area contributed by atoms with Crippen molar-refractivity contribution in [2.24, 2.45) is 16.7 Å². The zero-order valence-electron chi connectivity index (χ0n) is 21.2. The third-order valence-electron chi connectivity index (χ3n) is 8.54. The highest BCUT2D eigenvalue weighted by Crippen LogP contribution is 2.54. The molecule has 1 fully saturated rings. The maximum Gasteiger partial charge on any atom is 0.303 e. The van der Waals surface area contributed by atoms with Crippen LogP contribution >= 0.6 is 0 Å². The molecule has 2 rings (SSSR count). The molecule has 8 heteroatoms. The zero-order valence-corrected chi connectivity index (χ0v) is 21.2. The number of ether oxygens (including phenoxy) is 1. The van der Waals surface area contributed by atoms with Crippen molar-refractivity contribution in [3.05, 3.63) is 17.6 Å². The molecule has 8 atom stereocenters. The van der Waals surface area contributed by atoms with E-state index in [2.05, 4.69) is 0 Å². The minimum absolute atomic E-state index is 0.0966. The summed E-state index contributed by atoms with van der Waals surface area (Å²) in [5.41, 5.74) is -4.48. The summed E-state index contributed by atoms with van der Waals surface area (Å²) in [5.74, 6) is -0.859. The molecule has 0 aromatic heterocycles. The summed E-state index contributed by atoms with van der Waals surface area (Å²) in [6.45, 7) is 13.4. The lowest BCUT2D eigenvalue weighted by atomic mass is 9.54. The third-order valence-corrected chi connectivity index (χ3v) is 8.54. The van der Waals surface area contributed by atoms with Gasteiger partial charge in [0.1, 0.15) is 11.7 Å². The van der Waals surface area contributed by atoms with Crippen molar-refractivity contribution in [1.29, 1.82) is 0 Å². The average molecular weight is 472 g/mol. The van der Waals surface area contributed by atoms with Crippen LogP contribution in [0.2, 0.25) is 0 Å². The monoisotopic (exact) mass is 471 g/mol. The maximum atomic E-state index is 11.8.